The van der Waals surface area contributed by atoms with Gasteiger partial charge in [0.1, 0.15) is 5.82 Å². The third-order valence-corrected chi connectivity index (χ3v) is 8.18. The van der Waals surface area contributed by atoms with E-state index in [1.165, 1.54) is 16.4 Å². The Bertz CT molecular complexity index is 804. The summed E-state index contributed by atoms with van der Waals surface area (Å²) in [5, 5.41) is 0. The number of amides is 1. The second-order valence-corrected chi connectivity index (χ2v) is 9.86. The number of benzene rings is 1. The average molecular weight is 411 g/mol. The molecule has 2 unspecified atom stereocenters. The zero-order valence-corrected chi connectivity index (χ0v) is 16.7. The smallest absolute Gasteiger partial charge is 0.243 e. The van der Waals surface area contributed by atoms with E-state index in [0.29, 0.717) is 39.1 Å². The first-order valence-electron chi connectivity index (χ1n) is 10.1. The largest absolute Gasteiger partial charge is 0.374 e. The number of fused-ring (bicyclic) bond motifs is 1. The second-order valence-electron chi connectivity index (χ2n) is 7.92. The standard InChI is InChI=1S/C20H27FN2O4S/c21-16-5-7-17(8-6-16)28(25,26)22-11-9-15(10-12-22)20(24)23-13-14-27-19-4-2-1-3-18(19)23/h5-8,15,18-19H,1-4,9-14H2. The van der Waals surface area contributed by atoms with E-state index in [1.807, 2.05) is 4.90 Å². The lowest BCUT2D eigenvalue weighted by molar-refractivity contribution is -0.154. The second kappa shape index (κ2) is 8.08. The first-order valence-corrected chi connectivity index (χ1v) is 11.6. The van der Waals surface area contributed by atoms with Crippen LogP contribution in [0, 0.1) is 11.7 Å². The average Bonchev–Trinajstić information content (AvgIpc) is 2.73. The zero-order chi connectivity index (χ0) is 19.7. The molecular weight excluding hydrogens is 383 g/mol. The lowest BCUT2D eigenvalue weighted by Crippen LogP contribution is -2.57. The Hall–Kier alpha value is -1.51. The number of halogens is 1. The number of hydrogen-bond donors (Lipinski definition) is 0. The number of carbonyl (C=O) groups excluding carboxylic acids is 1. The summed E-state index contributed by atoms with van der Waals surface area (Å²) in [7, 11) is -3.65. The summed E-state index contributed by atoms with van der Waals surface area (Å²) in [5.74, 6) is -0.450. The molecule has 2 aliphatic heterocycles. The van der Waals surface area contributed by atoms with Crippen molar-refractivity contribution in [1.82, 2.24) is 9.21 Å². The van der Waals surface area contributed by atoms with E-state index in [0.717, 1.165) is 37.8 Å². The van der Waals surface area contributed by atoms with Crippen LogP contribution in [0.3, 0.4) is 0 Å². The Morgan fingerprint density at radius 2 is 1.68 bits per heavy atom. The summed E-state index contributed by atoms with van der Waals surface area (Å²) >= 11 is 0. The van der Waals surface area contributed by atoms with Crippen molar-refractivity contribution in [2.24, 2.45) is 5.92 Å². The van der Waals surface area contributed by atoms with Gasteiger partial charge in [0, 0.05) is 25.6 Å². The van der Waals surface area contributed by atoms with Crippen LogP contribution in [0.25, 0.3) is 0 Å². The van der Waals surface area contributed by atoms with Crippen LogP contribution in [0.2, 0.25) is 0 Å². The minimum Gasteiger partial charge on any atom is -0.374 e. The van der Waals surface area contributed by atoms with Gasteiger partial charge < -0.3 is 9.64 Å². The fourth-order valence-electron chi connectivity index (χ4n) is 4.70. The van der Waals surface area contributed by atoms with Crippen molar-refractivity contribution < 1.29 is 22.3 Å². The van der Waals surface area contributed by atoms with Crippen LogP contribution in [-0.2, 0) is 19.6 Å². The molecule has 0 N–H and O–H groups in total. The SMILES string of the molecule is O=C(C1CCN(S(=O)(=O)c2ccc(F)cc2)CC1)N1CCOC2CCCCC21. The summed E-state index contributed by atoms with van der Waals surface area (Å²) in [4.78, 5) is 15.2. The molecule has 1 amide bonds. The molecule has 3 aliphatic rings. The molecule has 154 valence electrons. The van der Waals surface area contributed by atoms with E-state index in [1.54, 1.807) is 0 Å². The number of sulfonamides is 1. The molecule has 2 saturated heterocycles. The maximum Gasteiger partial charge on any atom is 0.243 e. The van der Waals surface area contributed by atoms with Gasteiger partial charge in [-0.2, -0.15) is 4.31 Å². The van der Waals surface area contributed by atoms with Gasteiger partial charge in [0.05, 0.1) is 23.6 Å². The minimum atomic E-state index is -3.65. The number of carbonyl (C=O) groups is 1. The van der Waals surface area contributed by atoms with Crippen LogP contribution in [-0.4, -0.2) is 61.9 Å². The first-order chi connectivity index (χ1) is 13.5. The third-order valence-electron chi connectivity index (χ3n) is 6.27. The number of hydrogen-bond acceptors (Lipinski definition) is 4. The van der Waals surface area contributed by atoms with Gasteiger partial charge in [-0.15, -0.1) is 0 Å². The van der Waals surface area contributed by atoms with Gasteiger partial charge in [0.25, 0.3) is 0 Å². The zero-order valence-electron chi connectivity index (χ0n) is 15.9. The number of piperidine rings is 1. The number of morpholine rings is 1. The maximum absolute atomic E-state index is 13.1. The van der Waals surface area contributed by atoms with Gasteiger partial charge in [-0.3, -0.25) is 4.79 Å². The Morgan fingerprint density at radius 1 is 1.00 bits per heavy atom. The van der Waals surface area contributed by atoms with Crippen LogP contribution >= 0.6 is 0 Å². The summed E-state index contributed by atoms with van der Waals surface area (Å²) in [6.07, 6.45) is 5.50. The van der Waals surface area contributed by atoms with Crippen molar-refractivity contribution in [3.05, 3.63) is 30.1 Å². The van der Waals surface area contributed by atoms with Crippen molar-refractivity contribution in [3.63, 3.8) is 0 Å². The molecule has 2 heterocycles. The quantitative estimate of drug-likeness (QED) is 0.768. The highest BCUT2D eigenvalue weighted by molar-refractivity contribution is 7.89. The van der Waals surface area contributed by atoms with Gasteiger partial charge in [0.2, 0.25) is 15.9 Å². The molecule has 1 aliphatic carbocycles. The first kappa shape index (κ1) is 19.8. The highest BCUT2D eigenvalue weighted by atomic mass is 32.2. The van der Waals surface area contributed by atoms with Gasteiger partial charge in [-0.05, 0) is 49.9 Å². The molecule has 1 aromatic rings. The van der Waals surface area contributed by atoms with Crippen LogP contribution in [0.4, 0.5) is 4.39 Å². The van der Waals surface area contributed by atoms with Crippen molar-refractivity contribution in [1.29, 1.82) is 0 Å². The maximum atomic E-state index is 13.1. The molecule has 0 spiro atoms. The topological polar surface area (TPSA) is 66.9 Å². The fraction of sp³-hybridized carbons (Fsp3) is 0.650. The van der Waals surface area contributed by atoms with Crippen LogP contribution in [0.1, 0.15) is 38.5 Å². The van der Waals surface area contributed by atoms with Crippen molar-refractivity contribution >= 4 is 15.9 Å². The molecule has 0 bridgehead atoms. The van der Waals surface area contributed by atoms with Crippen molar-refractivity contribution in [2.45, 2.75) is 55.6 Å². The summed E-state index contributed by atoms with van der Waals surface area (Å²) in [6.45, 7) is 1.85. The van der Waals surface area contributed by atoms with E-state index in [2.05, 4.69) is 0 Å². The van der Waals surface area contributed by atoms with E-state index in [9.17, 15) is 17.6 Å². The Labute approximate surface area is 165 Å². The molecule has 28 heavy (non-hydrogen) atoms. The number of ether oxygens (including phenoxy) is 1. The van der Waals surface area contributed by atoms with E-state index in [-0.39, 0.29) is 28.9 Å². The lowest BCUT2D eigenvalue weighted by Gasteiger charge is -2.45. The van der Waals surface area contributed by atoms with E-state index in [4.69, 9.17) is 4.74 Å². The third kappa shape index (κ3) is 3.82. The van der Waals surface area contributed by atoms with Gasteiger partial charge >= 0.3 is 0 Å². The minimum absolute atomic E-state index is 0.0944. The van der Waals surface area contributed by atoms with Gasteiger partial charge in [0.15, 0.2) is 0 Å². The molecular formula is C20H27FN2O4S. The predicted molar refractivity (Wildman–Crippen MR) is 102 cm³/mol. The predicted octanol–water partition coefficient (Wildman–Crippen LogP) is 2.40. The molecule has 2 atom stereocenters. The molecule has 4 rings (SSSR count). The van der Waals surface area contributed by atoms with Crippen molar-refractivity contribution in [2.75, 3.05) is 26.2 Å². The Morgan fingerprint density at radius 3 is 2.39 bits per heavy atom. The molecule has 6 nitrogen and oxygen atoms in total. The molecule has 1 aromatic carbocycles. The van der Waals surface area contributed by atoms with Crippen molar-refractivity contribution in [3.8, 4) is 0 Å². The molecule has 1 saturated carbocycles. The Kier molecular flexibility index (Phi) is 5.71. The summed E-state index contributed by atoms with van der Waals surface area (Å²) in [6, 6.07) is 5.07. The molecule has 0 aromatic heterocycles. The monoisotopic (exact) mass is 410 g/mol. The molecule has 3 fully saturated rings. The highest BCUT2D eigenvalue weighted by Gasteiger charge is 2.40. The summed E-state index contributed by atoms with van der Waals surface area (Å²) < 4.78 is 45.9. The van der Waals surface area contributed by atoms with E-state index < -0.39 is 15.8 Å². The molecule has 0 radical (unpaired) electrons. The summed E-state index contributed by atoms with van der Waals surface area (Å²) in [5.41, 5.74) is 0. The lowest BCUT2D eigenvalue weighted by atomic mass is 9.88. The fourth-order valence-corrected chi connectivity index (χ4v) is 6.17. The van der Waals surface area contributed by atoms with Gasteiger partial charge in [-0.25, -0.2) is 12.8 Å². The molecule has 8 heteroatoms. The number of rotatable bonds is 3. The van der Waals surface area contributed by atoms with Crippen LogP contribution in [0.15, 0.2) is 29.2 Å². The van der Waals surface area contributed by atoms with Crippen LogP contribution < -0.4 is 0 Å². The van der Waals surface area contributed by atoms with Crippen LogP contribution in [0.5, 0.6) is 0 Å². The number of nitrogens with zero attached hydrogens (tertiary/aromatic N) is 2. The van der Waals surface area contributed by atoms with Gasteiger partial charge in [-0.1, -0.05) is 12.8 Å². The van der Waals surface area contributed by atoms with E-state index >= 15 is 0 Å². The normalized spacial score (nSPS) is 27.4. The highest BCUT2D eigenvalue weighted by Crippen LogP contribution is 2.32. The Balaban J connectivity index is 1.39.